The molecular formula is C21H21N. The molecule has 0 aromatic heterocycles. The summed E-state index contributed by atoms with van der Waals surface area (Å²) in [5, 5.41) is 3.57. The van der Waals surface area contributed by atoms with E-state index >= 15 is 0 Å². The first-order chi connectivity index (χ1) is 10.8. The van der Waals surface area contributed by atoms with Crippen molar-refractivity contribution in [2.45, 2.75) is 19.5 Å². The summed E-state index contributed by atoms with van der Waals surface area (Å²) in [6, 6.07) is 30.2. The summed E-state index contributed by atoms with van der Waals surface area (Å²) < 4.78 is 0. The average molecular weight is 287 g/mol. The normalized spacial score (nSPS) is 12.0. The molecule has 0 saturated carbocycles. The second kappa shape index (κ2) is 7.06. The average Bonchev–Trinajstić information content (AvgIpc) is 2.61. The number of hydrogen-bond acceptors (Lipinski definition) is 1. The van der Waals surface area contributed by atoms with E-state index in [0.717, 1.165) is 6.54 Å². The highest BCUT2D eigenvalue weighted by atomic mass is 14.9. The predicted octanol–water partition coefficient (Wildman–Crippen LogP) is 5.20. The first-order valence-corrected chi connectivity index (χ1v) is 7.75. The molecule has 3 rings (SSSR count). The van der Waals surface area contributed by atoms with Gasteiger partial charge in [0.25, 0.3) is 0 Å². The molecule has 0 bridgehead atoms. The minimum absolute atomic E-state index is 0.338. The van der Waals surface area contributed by atoms with Crippen molar-refractivity contribution < 1.29 is 0 Å². The standard InChI is InChI=1S/C21H21N/c1-17(22-16-18-8-4-2-5-9-18)19-12-14-21(15-13-19)20-10-6-3-7-11-20/h2-15,17,22H,16H2,1H3/t17-/m0/s1. The molecule has 3 aromatic carbocycles. The van der Waals surface area contributed by atoms with Crippen LogP contribution >= 0.6 is 0 Å². The van der Waals surface area contributed by atoms with Crippen LogP contribution in [0.5, 0.6) is 0 Å². The molecule has 110 valence electrons. The Labute approximate surface area is 132 Å². The van der Waals surface area contributed by atoms with E-state index in [1.807, 2.05) is 6.07 Å². The molecule has 1 N–H and O–H groups in total. The van der Waals surface area contributed by atoms with Gasteiger partial charge in [-0.2, -0.15) is 0 Å². The number of benzene rings is 3. The third-order valence-corrected chi connectivity index (χ3v) is 3.97. The summed E-state index contributed by atoms with van der Waals surface area (Å²) in [4.78, 5) is 0. The van der Waals surface area contributed by atoms with Crippen molar-refractivity contribution in [1.82, 2.24) is 5.32 Å². The van der Waals surface area contributed by atoms with Crippen molar-refractivity contribution in [3.8, 4) is 11.1 Å². The largest absolute Gasteiger partial charge is 0.306 e. The Balaban J connectivity index is 1.65. The van der Waals surface area contributed by atoms with Crippen molar-refractivity contribution in [3.63, 3.8) is 0 Å². The van der Waals surface area contributed by atoms with Crippen LogP contribution in [0.25, 0.3) is 11.1 Å². The van der Waals surface area contributed by atoms with Crippen molar-refractivity contribution in [2.24, 2.45) is 0 Å². The smallest absolute Gasteiger partial charge is 0.0294 e. The molecule has 0 aliphatic heterocycles. The third-order valence-electron chi connectivity index (χ3n) is 3.97. The van der Waals surface area contributed by atoms with E-state index < -0.39 is 0 Å². The van der Waals surface area contributed by atoms with Crippen molar-refractivity contribution >= 4 is 0 Å². The van der Waals surface area contributed by atoms with Gasteiger partial charge < -0.3 is 5.32 Å². The summed E-state index contributed by atoms with van der Waals surface area (Å²) >= 11 is 0. The maximum atomic E-state index is 3.57. The lowest BCUT2D eigenvalue weighted by molar-refractivity contribution is 0.575. The number of nitrogens with one attached hydrogen (secondary N) is 1. The summed E-state index contributed by atoms with van der Waals surface area (Å²) in [5.74, 6) is 0. The zero-order valence-corrected chi connectivity index (χ0v) is 12.9. The van der Waals surface area contributed by atoms with Crippen molar-refractivity contribution in [2.75, 3.05) is 0 Å². The van der Waals surface area contributed by atoms with Gasteiger partial charge in [-0.1, -0.05) is 84.9 Å². The summed E-state index contributed by atoms with van der Waals surface area (Å²) in [5.41, 5.74) is 5.16. The molecule has 0 unspecified atom stereocenters. The Kier molecular flexibility index (Phi) is 4.67. The molecule has 1 atom stereocenters. The van der Waals surface area contributed by atoms with Gasteiger partial charge in [0.2, 0.25) is 0 Å². The Morgan fingerprint density at radius 2 is 1.23 bits per heavy atom. The van der Waals surface area contributed by atoms with Gasteiger partial charge in [0.1, 0.15) is 0 Å². The lowest BCUT2D eigenvalue weighted by Crippen LogP contribution is -2.17. The number of hydrogen-bond donors (Lipinski definition) is 1. The Morgan fingerprint density at radius 3 is 1.86 bits per heavy atom. The molecule has 3 aromatic rings. The van der Waals surface area contributed by atoms with Crippen LogP contribution in [0.3, 0.4) is 0 Å². The lowest BCUT2D eigenvalue weighted by Gasteiger charge is -2.15. The highest BCUT2D eigenvalue weighted by Gasteiger charge is 2.05. The van der Waals surface area contributed by atoms with E-state index in [1.54, 1.807) is 0 Å². The zero-order valence-electron chi connectivity index (χ0n) is 12.9. The maximum Gasteiger partial charge on any atom is 0.0294 e. The van der Waals surface area contributed by atoms with Crippen LogP contribution in [0.2, 0.25) is 0 Å². The summed E-state index contributed by atoms with van der Waals surface area (Å²) in [7, 11) is 0. The topological polar surface area (TPSA) is 12.0 Å². The zero-order chi connectivity index (χ0) is 15.2. The van der Waals surface area contributed by atoms with Crippen LogP contribution in [-0.2, 0) is 6.54 Å². The molecule has 1 heteroatoms. The lowest BCUT2D eigenvalue weighted by atomic mass is 10.0. The predicted molar refractivity (Wildman–Crippen MR) is 93.6 cm³/mol. The first kappa shape index (κ1) is 14.6. The van der Waals surface area contributed by atoms with E-state index in [1.165, 1.54) is 22.3 Å². The highest BCUT2D eigenvalue weighted by molar-refractivity contribution is 5.63. The fraction of sp³-hybridized carbons (Fsp3) is 0.143. The van der Waals surface area contributed by atoms with Crippen LogP contribution in [0.1, 0.15) is 24.1 Å². The van der Waals surface area contributed by atoms with Crippen LogP contribution in [0.4, 0.5) is 0 Å². The molecule has 0 aliphatic rings. The van der Waals surface area contributed by atoms with Gasteiger partial charge in [0.05, 0.1) is 0 Å². The molecule has 0 amide bonds. The van der Waals surface area contributed by atoms with Crippen LogP contribution in [0, 0.1) is 0 Å². The van der Waals surface area contributed by atoms with Gasteiger partial charge in [-0.05, 0) is 29.2 Å². The van der Waals surface area contributed by atoms with Gasteiger partial charge in [-0.25, -0.2) is 0 Å². The van der Waals surface area contributed by atoms with Gasteiger partial charge in [-0.3, -0.25) is 0 Å². The molecule has 0 fully saturated rings. The minimum atomic E-state index is 0.338. The third kappa shape index (κ3) is 3.63. The summed E-state index contributed by atoms with van der Waals surface area (Å²) in [6.45, 7) is 3.10. The second-order valence-corrected chi connectivity index (χ2v) is 5.58. The number of rotatable bonds is 5. The Morgan fingerprint density at radius 1 is 0.682 bits per heavy atom. The second-order valence-electron chi connectivity index (χ2n) is 5.58. The Bertz CT molecular complexity index is 687. The maximum absolute atomic E-state index is 3.57. The van der Waals surface area contributed by atoms with Gasteiger partial charge in [0.15, 0.2) is 0 Å². The van der Waals surface area contributed by atoms with Gasteiger partial charge >= 0.3 is 0 Å². The molecule has 0 saturated heterocycles. The minimum Gasteiger partial charge on any atom is -0.306 e. The van der Waals surface area contributed by atoms with Crippen LogP contribution in [0.15, 0.2) is 84.9 Å². The first-order valence-electron chi connectivity index (χ1n) is 7.75. The monoisotopic (exact) mass is 287 g/mol. The van der Waals surface area contributed by atoms with E-state index in [4.69, 9.17) is 0 Å². The van der Waals surface area contributed by atoms with E-state index in [9.17, 15) is 0 Å². The summed E-state index contributed by atoms with van der Waals surface area (Å²) in [6.07, 6.45) is 0. The van der Waals surface area contributed by atoms with E-state index in [0.29, 0.717) is 6.04 Å². The molecular weight excluding hydrogens is 266 g/mol. The fourth-order valence-electron chi connectivity index (χ4n) is 2.58. The molecule has 1 nitrogen and oxygen atoms in total. The van der Waals surface area contributed by atoms with E-state index in [-0.39, 0.29) is 0 Å². The van der Waals surface area contributed by atoms with Crippen molar-refractivity contribution in [3.05, 3.63) is 96.1 Å². The molecule has 0 heterocycles. The van der Waals surface area contributed by atoms with E-state index in [2.05, 4.69) is 91.1 Å². The quantitative estimate of drug-likeness (QED) is 0.679. The van der Waals surface area contributed by atoms with Crippen molar-refractivity contribution in [1.29, 1.82) is 0 Å². The van der Waals surface area contributed by atoms with Crippen LogP contribution < -0.4 is 5.32 Å². The molecule has 22 heavy (non-hydrogen) atoms. The molecule has 0 spiro atoms. The SMILES string of the molecule is C[C@H](NCc1ccccc1)c1ccc(-c2ccccc2)cc1. The molecule has 0 aliphatic carbocycles. The van der Waals surface area contributed by atoms with Gasteiger partial charge in [-0.15, -0.1) is 0 Å². The van der Waals surface area contributed by atoms with Crippen LogP contribution in [-0.4, -0.2) is 0 Å². The van der Waals surface area contributed by atoms with Gasteiger partial charge in [0, 0.05) is 12.6 Å². The Hall–Kier alpha value is -2.38. The fourth-order valence-corrected chi connectivity index (χ4v) is 2.58. The highest BCUT2D eigenvalue weighted by Crippen LogP contribution is 2.21. The molecule has 0 radical (unpaired) electrons.